The van der Waals surface area contributed by atoms with Crippen molar-refractivity contribution >= 4 is 30.0 Å². The standard InChI is InChI=1S/C24H45N5O10/c1-26-20(24(34)35)5-6-21(31)28-8-10-36-12-15-39-18-23(33)29-9-11-37-13-14-38-17-22(32)27-7-3-2-4-19(25)16-30/h16,19-20,26H,2-15,17-18,25H2,1H3,(H,27,32)(H,28,31)(H,29,33)(H,34,35). The van der Waals surface area contributed by atoms with Crippen LogP contribution in [0.5, 0.6) is 0 Å². The highest BCUT2D eigenvalue weighted by molar-refractivity contribution is 5.78. The van der Waals surface area contributed by atoms with Crippen molar-refractivity contribution in [3.63, 3.8) is 0 Å². The molecule has 0 aliphatic carbocycles. The number of carbonyl (C=O) groups is 5. The number of unbranched alkanes of at least 4 members (excludes halogenated alkanes) is 1. The number of rotatable bonds is 27. The molecular formula is C24H45N5O10. The molecule has 7 N–H and O–H groups in total. The third kappa shape index (κ3) is 24.1. The van der Waals surface area contributed by atoms with Crippen LogP contribution in [0.15, 0.2) is 0 Å². The van der Waals surface area contributed by atoms with Gasteiger partial charge >= 0.3 is 5.97 Å². The average Bonchev–Trinajstić information content (AvgIpc) is 2.91. The maximum absolute atomic E-state index is 11.7. The summed E-state index contributed by atoms with van der Waals surface area (Å²) in [7, 11) is 1.53. The summed E-state index contributed by atoms with van der Waals surface area (Å²) in [5.74, 6) is -1.78. The van der Waals surface area contributed by atoms with E-state index in [0.717, 1.165) is 12.8 Å². The predicted molar refractivity (Wildman–Crippen MR) is 140 cm³/mol. The van der Waals surface area contributed by atoms with Gasteiger partial charge in [0.05, 0.1) is 45.7 Å². The zero-order valence-electron chi connectivity index (χ0n) is 22.7. The fourth-order valence-electron chi connectivity index (χ4n) is 2.95. The van der Waals surface area contributed by atoms with Crippen molar-refractivity contribution in [1.29, 1.82) is 0 Å². The summed E-state index contributed by atoms with van der Waals surface area (Å²) >= 11 is 0. The van der Waals surface area contributed by atoms with Gasteiger partial charge in [-0.25, -0.2) is 0 Å². The molecule has 0 spiro atoms. The van der Waals surface area contributed by atoms with Gasteiger partial charge in [0.15, 0.2) is 0 Å². The van der Waals surface area contributed by atoms with E-state index in [-0.39, 0.29) is 90.0 Å². The van der Waals surface area contributed by atoms with Crippen LogP contribution in [0.1, 0.15) is 32.1 Å². The number of aldehydes is 1. The Bertz CT molecular complexity index is 698. The molecule has 2 unspecified atom stereocenters. The second kappa shape index (κ2) is 25.6. The molecule has 0 aliphatic rings. The van der Waals surface area contributed by atoms with Gasteiger partial charge in [0, 0.05) is 26.1 Å². The van der Waals surface area contributed by atoms with Crippen LogP contribution in [0, 0.1) is 0 Å². The Morgan fingerprint density at radius 2 is 1.26 bits per heavy atom. The lowest BCUT2D eigenvalue weighted by molar-refractivity contribution is -0.139. The molecule has 0 rings (SSSR count). The lowest BCUT2D eigenvalue weighted by Gasteiger charge is -2.11. The Morgan fingerprint density at radius 3 is 1.77 bits per heavy atom. The van der Waals surface area contributed by atoms with Crippen LogP contribution in [0.2, 0.25) is 0 Å². The summed E-state index contributed by atoms with van der Waals surface area (Å²) in [5, 5.41) is 19.5. The number of carboxylic acid groups (broad SMARTS) is 1. The maximum Gasteiger partial charge on any atom is 0.320 e. The largest absolute Gasteiger partial charge is 0.480 e. The zero-order valence-corrected chi connectivity index (χ0v) is 22.7. The van der Waals surface area contributed by atoms with Gasteiger partial charge in [0.2, 0.25) is 17.7 Å². The van der Waals surface area contributed by atoms with Crippen molar-refractivity contribution in [2.24, 2.45) is 5.73 Å². The first kappa shape index (κ1) is 36.3. The maximum atomic E-state index is 11.7. The summed E-state index contributed by atoms with van der Waals surface area (Å²) < 4.78 is 21.0. The molecule has 0 aromatic rings. The highest BCUT2D eigenvalue weighted by atomic mass is 16.5. The van der Waals surface area contributed by atoms with Crippen LogP contribution in [0.3, 0.4) is 0 Å². The van der Waals surface area contributed by atoms with Crippen molar-refractivity contribution in [1.82, 2.24) is 21.3 Å². The van der Waals surface area contributed by atoms with Gasteiger partial charge in [0.1, 0.15) is 25.5 Å². The average molecular weight is 564 g/mol. The summed E-state index contributed by atoms with van der Waals surface area (Å²) in [5.41, 5.74) is 5.48. The number of carbonyl (C=O) groups excluding carboxylic acids is 4. The van der Waals surface area contributed by atoms with Crippen molar-refractivity contribution in [3.8, 4) is 0 Å². The summed E-state index contributed by atoms with van der Waals surface area (Å²) in [4.78, 5) is 56.3. The van der Waals surface area contributed by atoms with Crippen molar-refractivity contribution in [2.45, 2.75) is 44.2 Å². The van der Waals surface area contributed by atoms with E-state index in [1.807, 2.05) is 0 Å². The first-order valence-corrected chi connectivity index (χ1v) is 13.0. The second-order valence-electron chi connectivity index (χ2n) is 8.39. The molecule has 2 atom stereocenters. The molecule has 0 bridgehead atoms. The Morgan fingerprint density at radius 1 is 0.744 bits per heavy atom. The number of nitrogens with two attached hydrogens (primary N) is 1. The fraction of sp³-hybridized carbons (Fsp3) is 0.792. The van der Waals surface area contributed by atoms with Crippen LogP contribution in [0.4, 0.5) is 0 Å². The smallest absolute Gasteiger partial charge is 0.320 e. The van der Waals surface area contributed by atoms with Gasteiger partial charge in [-0.3, -0.25) is 19.2 Å². The molecule has 0 saturated carbocycles. The number of ether oxygens (including phenoxy) is 4. The van der Waals surface area contributed by atoms with Crippen LogP contribution in [-0.4, -0.2) is 127 Å². The molecular weight excluding hydrogens is 518 g/mol. The van der Waals surface area contributed by atoms with E-state index in [1.54, 1.807) is 0 Å². The molecule has 0 fully saturated rings. The number of amides is 3. The molecule has 3 amide bonds. The highest BCUT2D eigenvalue weighted by Crippen LogP contribution is 1.97. The molecule has 0 aliphatic heterocycles. The molecule has 226 valence electrons. The first-order chi connectivity index (χ1) is 18.8. The van der Waals surface area contributed by atoms with E-state index in [2.05, 4.69) is 21.3 Å². The van der Waals surface area contributed by atoms with E-state index in [9.17, 15) is 24.0 Å². The van der Waals surface area contributed by atoms with Crippen molar-refractivity contribution in [2.75, 3.05) is 79.5 Å². The van der Waals surface area contributed by atoms with Crippen LogP contribution < -0.4 is 27.0 Å². The topological polar surface area (TPSA) is 217 Å². The van der Waals surface area contributed by atoms with Crippen molar-refractivity contribution in [3.05, 3.63) is 0 Å². The van der Waals surface area contributed by atoms with Crippen LogP contribution in [-0.2, 0) is 42.9 Å². The number of nitrogens with one attached hydrogen (secondary N) is 4. The van der Waals surface area contributed by atoms with Gasteiger partial charge in [-0.15, -0.1) is 0 Å². The van der Waals surface area contributed by atoms with E-state index in [1.165, 1.54) is 7.05 Å². The second-order valence-corrected chi connectivity index (χ2v) is 8.39. The minimum Gasteiger partial charge on any atom is -0.480 e. The van der Waals surface area contributed by atoms with Crippen molar-refractivity contribution < 1.29 is 48.0 Å². The zero-order chi connectivity index (χ0) is 29.1. The molecule has 0 radical (unpaired) electrons. The Balaban J connectivity index is 3.43. The molecule has 0 heterocycles. The number of carboxylic acids is 1. The molecule has 0 saturated heterocycles. The minimum atomic E-state index is -1.00. The lowest BCUT2D eigenvalue weighted by atomic mass is 10.1. The minimum absolute atomic E-state index is 0.0738. The summed E-state index contributed by atoms with van der Waals surface area (Å²) in [6, 6.07) is -1.21. The van der Waals surface area contributed by atoms with Gasteiger partial charge in [-0.2, -0.15) is 0 Å². The molecule has 15 heteroatoms. The SMILES string of the molecule is CNC(CCC(=O)NCCOCCOCC(=O)NCCOCCOCC(=O)NCCCCC(N)C=O)C(=O)O. The molecule has 15 nitrogen and oxygen atoms in total. The Hall–Kier alpha value is -2.69. The quantitative estimate of drug-likeness (QED) is 0.0453. The van der Waals surface area contributed by atoms with E-state index < -0.39 is 18.1 Å². The normalized spacial score (nSPS) is 12.4. The van der Waals surface area contributed by atoms with Gasteiger partial charge in [-0.05, 0) is 32.7 Å². The van der Waals surface area contributed by atoms with Gasteiger partial charge in [-0.1, -0.05) is 0 Å². The Kier molecular flexibility index (Phi) is 23.8. The molecule has 0 aromatic carbocycles. The lowest BCUT2D eigenvalue weighted by Crippen LogP contribution is -2.36. The number of aliphatic carboxylic acids is 1. The van der Waals surface area contributed by atoms with E-state index in [4.69, 9.17) is 29.8 Å². The third-order valence-corrected chi connectivity index (χ3v) is 5.12. The van der Waals surface area contributed by atoms with E-state index in [0.29, 0.717) is 25.8 Å². The Labute approximate surface area is 229 Å². The van der Waals surface area contributed by atoms with Crippen LogP contribution in [0.25, 0.3) is 0 Å². The fourth-order valence-corrected chi connectivity index (χ4v) is 2.95. The number of hydrogen-bond acceptors (Lipinski definition) is 11. The van der Waals surface area contributed by atoms with Gasteiger partial charge in [0.25, 0.3) is 0 Å². The molecule has 39 heavy (non-hydrogen) atoms. The summed E-state index contributed by atoms with van der Waals surface area (Å²) in [6.45, 7) is 2.41. The number of likely N-dealkylation sites (N-methyl/N-ethyl adjacent to an activating group) is 1. The molecule has 0 aromatic heterocycles. The first-order valence-electron chi connectivity index (χ1n) is 13.0. The van der Waals surface area contributed by atoms with E-state index >= 15 is 0 Å². The van der Waals surface area contributed by atoms with Crippen LogP contribution >= 0.6 is 0 Å². The monoisotopic (exact) mass is 563 g/mol. The third-order valence-electron chi connectivity index (χ3n) is 5.12. The number of hydrogen-bond donors (Lipinski definition) is 6. The van der Waals surface area contributed by atoms with Gasteiger partial charge < -0.3 is 55.8 Å². The predicted octanol–water partition coefficient (Wildman–Crippen LogP) is -2.45. The highest BCUT2D eigenvalue weighted by Gasteiger charge is 2.16. The summed E-state index contributed by atoms with van der Waals surface area (Å²) in [6.07, 6.45) is 3.09.